The molecule has 1 aromatic carbocycles. The number of carbonyl (C=O) groups excluding carboxylic acids is 2. The van der Waals surface area contributed by atoms with E-state index in [1.807, 2.05) is 0 Å². The first-order chi connectivity index (χ1) is 9.10. The number of amides is 1. The van der Waals surface area contributed by atoms with Crippen LogP contribution in [0, 0.1) is 5.82 Å². The third-order valence-corrected chi connectivity index (χ3v) is 3.30. The van der Waals surface area contributed by atoms with E-state index in [9.17, 15) is 14.0 Å². The summed E-state index contributed by atoms with van der Waals surface area (Å²) in [6.07, 6.45) is 2.22. The predicted molar refractivity (Wildman–Crippen MR) is 67.7 cm³/mol. The van der Waals surface area contributed by atoms with Crippen LogP contribution in [0.1, 0.15) is 36.0 Å². The van der Waals surface area contributed by atoms with Crippen LogP contribution >= 0.6 is 0 Å². The highest BCUT2D eigenvalue weighted by molar-refractivity contribution is 5.95. The molecule has 102 valence electrons. The fourth-order valence-corrected chi connectivity index (χ4v) is 2.15. The molecule has 0 atom stereocenters. The average molecular weight is 265 g/mol. The SMILES string of the molecule is COc1ccc(C(=O)NC2CCC(=O)CC2)c(F)c1. The minimum Gasteiger partial charge on any atom is -0.497 e. The van der Waals surface area contributed by atoms with E-state index in [4.69, 9.17) is 4.74 Å². The second kappa shape index (κ2) is 5.82. The number of benzene rings is 1. The number of rotatable bonds is 3. The Morgan fingerprint density at radius 1 is 1.37 bits per heavy atom. The molecule has 2 rings (SSSR count). The fourth-order valence-electron chi connectivity index (χ4n) is 2.15. The zero-order valence-electron chi connectivity index (χ0n) is 10.7. The molecular weight excluding hydrogens is 249 g/mol. The van der Waals surface area contributed by atoms with Crippen molar-refractivity contribution < 1.29 is 18.7 Å². The van der Waals surface area contributed by atoms with Gasteiger partial charge >= 0.3 is 0 Å². The molecule has 1 fully saturated rings. The van der Waals surface area contributed by atoms with Crippen LogP contribution in [0.15, 0.2) is 18.2 Å². The van der Waals surface area contributed by atoms with Crippen molar-refractivity contribution in [2.24, 2.45) is 0 Å². The van der Waals surface area contributed by atoms with Crippen molar-refractivity contribution in [1.29, 1.82) is 0 Å². The van der Waals surface area contributed by atoms with Crippen molar-refractivity contribution >= 4 is 11.7 Å². The minimum absolute atomic E-state index is 0.00213. The van der Waals surface area contributed by atoms with Gasteiger partial charge in [-0.1, -0.05) is 0 Å². The third-order valence-electron chi connectivity index (χ3n) is 3.30. The number of nitrogens with one attached hydrogen (secondary N) is 1. The highest BCUT2D eigenvalue weighted by Crippen LogP contribution is 2.18. The summed E-state index contributed by atoms with van der Waals surface area (Å²) in [6, 6.07) is 4.07. The number of hydrogen-bond donors (Lipinski definition) is 1. The highest BCUT2D eigenvalue weighted by atomic mass is 19.1. The summed E-state index contributed by atoms with van der Waals surface area (Å²) in [7, 11) is 1.44. The molecule has 0 bridgehead atoms. The summed E-state index contributed by atoms with van der Waals surface area (Å²) in [5.41, 5.74) is -0.00213. The third kappa shape index (κ3) is 3.30. The molecule has 0 spiro atoms. The number of halogens is 1. The predicted octanol–water partition coefficient (Wildman–Crippen LogP) is 2.08. The molecule has 1 aliphatic rings. The van der Waals surface area contributed by atoms with E-state index in [2.05, 4.69) is 5.32 Å². The largest absolute Gasteiger partial charge is 0.497 e. The van der Waals surface area contributed by atoms with Gasteiger partial charge in [-0.15, -0.1) is 0 Å². The van der Waals surface area contributed by atoms with E-state index in [0.717, 1.165) is 0 Å². The van der Waals surface area contributed by atoms with Crippen molar-refractivity contribution in [2.75, 3.05) is 7.11 Å². The molecule has 1 aliphatic carbocycles. The van der Waals surface area contributed by atoms with Gasteiger partial charge in [-0.2, -0.15) is 0 Å². The maximum Gasteiger partial charge on any atom is 0.254 e. The van der Waals surface area contributed by atoms with Crippen molar-refractivity contribution in [3.05, 3.63) is 29.6 Å². The van der Waals surface area contributed by atoms with E-state index in [-0.39, 0.29) is 17.4 Å². The molecule has 1 aromatic rings. The Bertz CT molecular complexity index is 491. The molecule has 0 heterocycles. The maximum atomic E-state index is 13.7. The van der Waals surface area contributed by atoms with Crippen LogP contribution in [0.5, 0.6) is 5.75 Å². The second-order valence-corrected chi connectivity index (χ2v) is 4.63. The van der Waals surface area contributed by atoms with Crippen LogP contribution in [0.25, 0.3) is 0 Å². The number of Topliss-reactive ketones (excluding diaryl/α,β-unsaturated/α-hetero) is 1. The minimum atomic E-state index is -0.608. The van der Waals surface area contributed by atoms with Gasteiger partial charge in [-0.25, -0.2) is 4.39 Å². The van der Waals surface area contributed by atoms with Gasteiger partial charge in [0.1, 0.15) is 17.3 Å². The highest BCUT2D eigenvalue weighted by Gasteiger charge is 2.22. The van der Waals surface area contributed by atoms with E-state index < -0.39 is 11.7 Å². The van der Waals surface area contributed by atoms with Gasteiger partial charge in [0.25, 0.3) is 5.91 Å². The number of ketones is 1. The molecule has 1 saturated carbocycles. The summed E-state index contributed by atoms with van der Waals surface area (Å²) in [6.45, 7) is 0. The fraction of sp³-hybridized carbons (Fsp3) is 0.429. The standard InChI is InChI=1S/C14H16FNO3/c1-19-11-6-7-12(13(15)8-11)14(18)16-9-2-4-10(17)5-3-9/h6-9H,2-5H2,1H3,(H,16,18). The first-order valence-corrected chi connectivity index (χ1v) is 6.26. The summed E-state index contributed by atoms with van der Waals surface area (Å²) < 4.78 is 18.6. The lowest BCUT2D eigenvalue weighted by atomic mass is 9.94. The number of hydrogen-bond acceptors (Lipinski definition) is 3. The molecule has 19 heavy (non-hydrogen) atoms. The Morgan fingerprint density at radius 2 is 2.05 bits per heavy atom. The Kier molecular flexibility index (Phi) is 4.14. The number of ether oxygens (including phenoxy) is 1. The quantitative estimate of drug-likeness (QED) is 0.910. The van der Waals surface area contributed by atoms with Gasteiger partial charge in [0.15, 0.2) is 0 Å². The van der Waals surface area contributed by atoms with Crippen molar-refractivity contribution in [3.63, 3.8) is 0 Å². The Morgan fingerprint density at radius 3 is 2.63 bits per heavy atom. The molecule has 0 saturated heterocycles. The lowest BCUT2D eigenvalue weighted by Gasteiger charge is -2.22. The molecule has 0 aliphatic heterocycles. The van der Waals surface area contributed by atoms with E-state index in [0.29, 0.717) is 31.4 Å². The second-order valence-electron chi connectivity index (χ2n) is 4.63. The summed E-state index contributed by atoms with van der Waals surface area (Å²) in [5.74, 6) is -0.457. The first kappa shape index (κ1) is 13.5. The van der Waals surface area contributed by atoms with Crippen LogP contribution in [-0.2, 0) is 4.79 Å². The zero-order valence-corrected chi connectivity index (χ0v) is 10.7. The Labute approximate surface area is 110 Å². The zero-order chi connectivity index (χ0) is 13.8. The van der Waals surface area contributed by atoms with Gasteiger partial charge in [0.05, 0.1) is 12.7 Å². The van der Waals surface area contributed by atoms with Gasteiger partial charge < -0.3 is 10.1 Å². The molecule has 4 nitrogen and oxygen atoms in total. The van der Waals surface area contributed by atoms with Gasteiger partial charge in [0, 0.05) is 24.9 Å². The average Bonchev–Trinajstić information content (AvgIpc) is 2.41. The summed E-state index contributed by atoms with van der Waals surface area (Å²) in [4.78, 5) is 23.0. The van der Waals surface area contributed by atoms with Crippen molar-refractivity contribution in [1.82, 2.24) is 5.32 Å². The Balaban J connectivity index is 2.01. The summed E-state index contributed by atoms with van der Waals surface area (Å²) in [5, 5.41) is 2.76. The molecule has 5 heteroatoms. The number of methoxy groups -OCH3 is 1. The molecular formula is C14H16FNO3. The van der Waals surface area contributed by atoms with Gasteiger partial charge in [-0.05, 0) is 25.0 Å². The van der Waals surface area contributed by atoms with E-state index in [1.165, 1.54) is 19.2 Å². The lowest BCUT2D eigenvalue weighted by Crippen LogP contribution is -2.38. The van der Waals surface area contributed by atoms with Crippen molar-refractivity contribution in [3.8, 4) is 5.75 Å². The van der Waals surface area contributed by atoms with Crippen LogP contribution in [-0.4, -0.2) is 24.8 Å². The van der Waals surface area contributed by atoms with Crippen LogP contribution in [0.3, 0.4) is 0 Å². The van der Waals surface area contributed by atoms with Crippen LogP contribution in [0.4, 0.5) is 4.39 Å². The lowest BCUT2D eigenvalue weighted by molar-refractivity contribution is -0.120. The maximum absolute atomic E-state index is 13.7. The molecule has 1 amide bonds. The summed E-state index contributed by atoms with van der Waals surface area (Å²) >= 11 is 0. The van der Waals surface area contributed by atoms with Crippen LogP contribution in [0.2, 0.25) is 0 Å². The normalized spacial score (nSPS) is 16.2. The molecule has 0 aromatic heterocycles. The van der Waals surface area contributed by atoms with Gasteiger partial charge in [-0.3, -0.25) is 9.59 Å². The first-order valence-electron chi connectivity index (χ1n) is 6.26. The number of carbonyl (C=O) groups is 2. The molecule has 0 unspecified atom stereocenters. The molecule has 0 radical (unpaired) electrons. The smallest absolute Gasteiger partial charge is 0.254 e. The van der Waals surface area contributed by atoms with Gasteiger partial charge in [0.2, 0.25) is 0 Å². The van der Waals surface area contributed by atoms with Crippen LogP contribution < -0.4 is 10.1 Å². The van der Waals surface area contributed by atoms with Crippen molar-refractivity contribution in [2.45, 2.75) is 31.7 Å². The topological polar surface area (TPSA) is 55.4 Å². The monoisotopic (exact) mass is 265 g/mol. The van der Waals surface area contributed by atoms with E-state index >= 15 is 0 Å². The Hall–Kier alpha value is -1.91. The van der Waals surface area contributed by atoms with E-state index in [1.54, 1.807) is 6.07 Å². The molecule has 1 N–H and O–H groups in total.